The first-order chi connectivity index (χ1) is 58.1. The SMILES string of the molecule is CC(F)Oc1ccc(C(=O)CC23CC(NC(=O)COc4ccc5c(c4)OC(F)(F)O5)(C2)C3)cn1.CC1(F)Oc2ccc(OCC(=O)CC34CC(NC(=O)c5cccnc5)(C3)C4)cc2O1.Cc1cc(C(=O)CC23CC(NC(=O)COc4ccc(Cl)c(F)c4)(C2)C3)n(CC(C)(C)O)n1.Cc1cc(OCC(=O)CC23CC(NC(=O)c4cccnc4)(C2)C3)ccc1Cl. The van der Waals surface area contributed by atoms with Crippen LogP contribution in [0.1, 0.15) is 183 Å². The molecular formula is C89H90Cl2F5N9O18. The summed E-state index contributed by atoms with van der Waals surface area (Å²) in [7, 11) is 0. The number of amides is 4. The van der Waals surface area contributed by atoms with E-state index >= 15 is 0 Å². The van der Waals surface area contributed by atoms with Crippen molar-refractivity contribution in [3.8, 4) is 51.9 Å². The van der Waals surface area contributed by atoms with Gasteiger partial charge in [-0.05, 0) is 223 Å². The fourth-order valence-electron chi connectivity index (χ4n) is 19.5. The van der Waals surface area contributed by atoms with Gasteiger partial charge in [0.25, 0.3) is 23.6 Å². The Bertz CT molecular complexity index is 5380. The Balaban J connectivity index is 0.000000128. The Labute approximate surface area is 713 Å². The van der Waals surface area contributed by atoms with E-state index in [0.29, 0.717) is 89.6 Å². The van der Waals surface area contributed by atoms with Crippen molar-refractivity contribution in [1.82, 2.24) is 46.0 Å². The van der Waals surface area contributed by atoms with Crippen LogP contribution >= 0.6 is 23.2 Å². The highest BCUT2D eigenvalue weighted by Gasteiger charge is 2.71. The van der Waals surface area contributed by atoms with E-state index < -0.39 is 30.1 Å². The molecule has 14 aliphatic rings. The average molecular weight is 1740 g/mol. The molecule has 4 aromatic heterocycles. The maximum atomic E-state index is 13.7. The van der Waals surface area contributed by atoms with Crippen LogP contribution in [0, 0.1) is 41.3 Å². The number of fused-ring (bicyclic) bond motifs is 2. The van der Waals surface area contributed by atoms with Gasteiger partial charge in [0, 0.05) is 128 Å². The third-order valence-electron chi connectivity index (χ3n) is 23.7. The lowest BCUT2D eigenvalue weighted by molar-refractivity contribution is -0.286. The summed E-state index contributed by atoms with van der Waals surface area (Å²) >= 11 is 11.6. The maximum Gasteiger partial charge on any atom is 0.586 e. The van der Waals surface area contributed by atoms with E-state index in [-0.39, 0.29) is 163 Å². The van der Waals surface area contributed by atoms with Crippen LogP contribution in [-0.2, 0) is 25.7 Å². The van der Waals surface area contributed by atoms with Gasteiger partial charge in [0.2, 0.25) is 12.2 Å². The van der Waals surface area contributed by atoms with E-state index in [0.717, 1.165) is 75.1 Å². The molecule has 2 atom stereocenters. The van der Waals surface area contributed by atoms with Crippen LogP contribution in [0.2, 0.25) is 10.0 Å². The molecule has 12 aliphatic carbocycles. The number of pyridine rings is 3. The first-order valence-corrected chi connectivity index (χ1v) is 40.9. The van der Waals surface area contributed by atoms with Gasteiger partial charge < -0.3 is 69.0 Å². The summed E-state index contributed by atoms with van der Waals surface area (Å²) in [6.07, 6.45) is 13.5. The Morgan fingerprint density at radius 2 is 0.951 bits per heavy atom. The molecule has 22 rings (SSSR count). The summed E-state index contributed by atoms with van der Waals surface area (Å²) in [6, 6.07) is 27.5. The number of ether oxygens (including phenoxy) is 9. The number of rotatable bonds is 32. The molecule has 12 fully saturated rings. The molecule has 4 aromatic carbocycles. The molecule has 12 saturated carbocycles. The first-order valence-electron chi connectivity index (χ1n) is 40.1. The lowest BCUT2D eigenvalue weighted by Gasteiger charge is -2.70. The van der Waals surface area contributed by atoms with E-state index in [1.54, 1.807) is 104 Å². The number of Topliss-reactive ketones (excluding diaryl/α,β-unsaturated/α-hetero) is 4. The molecule has 27 nitrogen and oxygen atoms in total. The van der Waals surface area contributed by atoms with Gasteiger partial charge in [0.05, 0.1) is 34.0 Å². The van der Waals surface area contributed by atoms with Gasteiger partial charge in [-0.15, -0.1) is 8.78 Å². The number of ketones is 4. The molecule has 648 valence electrons. The number of aryl methyl sites for hydroxylation is 2. The number of hydrogen-bond acceptors (Lipinski definition) is 22. The molecule has 2 unspecified atom stereocenters. The molecule has 5 N–H and O–H groups in total. The molecule has 0 spiro atoms. The smallest absolute Gasteiger partial charge is 0.486 e. The van der Waals surface area contributed by atoms with Crippen molar-refractivity contribution in [3.63, 3.8) is 0 Å². The predicted octanol–water partition coefficient (Wildman–Crippen LogP) is 14.2. The molecule has 6 heterocycles. The number of nitrogens with zero attached hydrogens (tertiary/aromatic N) is 5. The third-order valence-corrected chi connectivity index (χ3v) is 24.4. The molecule has 0 saturated heterocycles. The van der Waals surface area contributed by atoms with Crippen molar-refractivity contribution in [2.24, 2.45) is 21.7 Å². The number of nitrogens with one attached hydrogen (secondary N) is 4. The van der Waals surface area contributed by atoms with E-state index in [1.165, 1.54) is 62.5 Å². The summed E-state index contributed by atoms with van der Waals surface area (Å²) in [5, 5.41) is 27.2. The van der Waals surface area contributed by atoms with Crippen molar-refractivity contribution in [1.29, 1.82) is 0 Å². The maximum absolute atomic E-state index is 13.7. The van der Waals surface area contributed by atoms with Crippen LogP contribution in [-0.4, -0.2) is 149 Å². The van der Waals surface area contributed by atoms with Crippen LogP contribution in [0.25, 0.3) is 0 Å². The lowest BCUT2D eigenvalue weighted by atomic mass is 9.38. The number of aliphatic hydroxyl groups is 1. The summed E-state index contributed by atoms with van der Waals surface area (Å²) in [4.78, 5) is 111. The topological polar surface area (TPSA) is 344 Å². The standard InChI is InChI=1S/C23H27ClFN3O4.C23H21F3N2O6.C22H21FN2O5.C21H21ClN2O3/c1-14-6-18(28(27-14)13-21(2,3)31)19(29)8-22-10-23(11-22,12-22)26-20(30)9-32-15-4-5-16(24)17(25)7-15;1-13(24)32-20-5-2-14(8-27-20)16(29)7-21-10-22(11-21,12-21)28-19(30)9-31-15-3-4-17-18(6-15)34-23(25,26)33-17;1-20(23)29-17-5-4-16(7-18(17)30-20)28-10-15(26)8-21-11-22(12-21,13-21)25-19(27)14-3-2-6-24-9-14;1-14-7-17(4-5-18(14)22)27-10-16(25)8-20-11-21(12-20,13-20)24-19(26)15-3-2-6-23-9-15/h4-7,31H,8-13H2,1-3H3,(H,26,30);2-6,8,13H,7,9-12H2,1H3,(H,28,30);2-7,9H,8,10-13H2,1H3,(H,25,27);2-7,9H,8,10-13H2,1H3,(H,24,26). The number of benzene rings is 4. The van der Waals surface area contributed by atoms with Gasteiger partial charge in [-0.25, -0.2) is 13.8 Å². The van der Waals surface area contributed by atoms with Crippen molar-refractivity contribution in [2.75, 3.05) is 26.4 Å². The second-order valence-corrected chi connectivity index (χ2v) is 36.4. The second-order valence-electron chi connectivity index (χ2n) is 35.6. The van der Waals surface area contributed by atoms with Crippen LogP contribution in [0.3, 0.4) is 0 Å². The minimum atomic E-state index is -3.72. The van der Waals surface area contributed by atoms with Crippen LogP contribution in [0.5, 0.6) is 51.9 Å². The third kappa shape index (κ3) is 19.9. The predicted molar refractivity (Wildman–Crippen MR) is 431 cm³/mol. The number of alkyl halides is 4. The van der Waals surface area contributed by atoms with Gasteiger partial charge >= 0.3 is 12.3 Å². The van der Waals surface area contributed by atoms with Crippen molar-refractivity contribution in [3.05, 3.63) is 196 Å². The number of halogens is 7. The highest BCUT2D eigenvalue weighted by Crippen LogP contribution is 2.72. The van der Waals surface area contributed by atoms with Crippen molar-refractivity contribution in [2.45, 2.75) is 197 Å². The summed E-state index contributed by atoms with van der Waals surface area (Å²) in [5.74, 6) is 0.468. The number of aromatic nitrogens is 5. The Morgan fingerprint density at radius 1 is 0.520 bits per heavy atom. The van der Waals surface area contributed by atoms with Gasteiger partial charge in [-0.2, -0.15) is 9.49 Å². The Kier molecular flexibility index (Phi) is 23.2. The molecule has 8 bridgehead atoms. The molecule has 2 aliphatic heterocycles. The fourth-order valence-corrected chi connectivity index (χ4v) is 19.7. The van der Waals surface area contributed by atoms with Crippen molar-refractivity contribution >= 4 is 70.0 Å². The van der Waals surface area contributed by atoms with Gasteiger partial charge in [0.1, 0.15) is 47.7 Å². The van der Waals surface area contributed by atoms with Gasteiger partial charge in [-0.1, -0.05) is 23.2 Å². The summed E-state index contributed by atoms with van der Waals surface area (Å²) in [6.45, 7) is 9.23. The summed E-state index contributed by atoms with van der Waals surface area (Å²) in [5.41, 5.74) is 1.55. The van der Waals surface area contributed by atoms with Crippen molar-refractivity contribution < 1.29 is 108 Å². The minimum absolute atomic E-state index is 0.00238. The molecule has 0 radical (unpaired) electrons. The van der Waals surface area contributed by atoms with Crippen LogP contribution in [0.4, 0.5) is 22.0 Å². The zero-order valence-corrected chi connectivity index (χ0v) is 69.6. The molecular weight excluding hydrogens is 1650 g/mol. The molecule has 34 heteroatoms. The Hall–Kier alpha value is -11.5. The fraction of sp³-hybridized carbons (Fsp3) is 0.438. The highest BCUT2D eigenvalue weighted by molar-refractivity contribution is 6.31. The molecule has 4 amide bonds. The zero-order chi connectivity index (χ0) is 87.5. The van der Waals surface area contributed by atoms with E-state index in [1.807, 2.05) is 19.9 Å². The number of carbonyl (C=O) groups is 8. The molecule has 123 heavy (non-hydrogen) atoms. The second kappa shape index (κ2) is 33.0. The lowest BCUT2D eigenvalue weighted by Crippen LogP contribution is -2.75. The average Bonchev–Trinajstić information content (AvgIpc) is 0.914. The highest BCUT2D eigenvalue weighted by atomic mass is 35.5. The van der Waals surface area contributed by atoms with Crippen LogP contribution in [0.15, 0.2) is 146 Å². The van der Waals surface area contributed by atoms with E-state index in [2.05, 4.69) is 50.8 Å². The van der Waals surface area contributed by atoms with Gasteiger partial charge in [-0.3, -0.25) is 53.0 Å². The quantitative estimate of drug-likeness (QED) is 0.0193. The van der Waals surface area contributed by atoms with E-state index in [9.17, 15) is 65.4 Å². The largest absolute Gasteiger partial charge is 0.586 e. The number of hydrogen-bond donors (Lipinski definition) is 5. The molecule has 8 aromatic rings. The number of carbonyl (C=O) groups excluding carboxylic acids is 8. The van der Waals surface area contributed by atoms with Gasteiger partial charge in [0.15, 0.2) is 59.3 Å². The monoisotopic (exact) mass is 1740 g/mol. The summed E-state index contributed by atoms with van der Waals surface area (Å²) < 4.78 is 113. The Morgan fingerprint density at radius 3 is 1.41 bits per heavy atom. The zero-order valence-electron chi connectivity index (χ0n) is 68.1. The van der Waals surface area contributed by atoms with E-state index in [4.69, 9.17) is 56.4 Å². The minimum Gasteiger partial charge on any atom is -0.486 e. The van der Waals surface area contributed by atoms with Crippen LogP contribution < -0.4 is 63.9 Å². The normalized spacial score (nSPS) is 26.2. The first kappa shape index (κ1) is 86.4.